The van der Waals surface area contributed by atoms with Crippen LogP contribution in [0.2, 0.25) is 0 Å². The van der Waals surface area contributed by atoms with E-state index >= 15 is 0 Å². The molecule has 0 bridgehead atoms. The molecule has 0 aliphatic carbocycles. The van der Waals surface area contributed by atoms with Crippen LogP contribution in [0.15, 0.2) is 60.7 Å². The number of amides is 3. The quantitative estimate of drug-likeness (QED) is 0.344. The lowest BCUT2D eigenvalue weighted by atomic mass is 9.98. The van der Waals surface area contributed by atoms with E-state index in [1.807, 2.05) is 42.5 Å². The Morgan fingerprint density at radius 1 is 0.929 bits per heavy atom. The summed E-state index contributed by atoms with van der Waals surface area (Å²) in [6.07, 6.45) is 2.20. The second-order valence-electron chi connectivity index (χ2n) is 10.7. The van der Waals surface area contributed by atoms with Crippen molar-refractivity contribution in [3.8, 4) is 0 Å². The fourth-order valence-electron chi connectivity index (χ4n) is 5.29. The zero-order valence-electron chi connectivity index (χ0n) is 24.2. The number of carbonyl (C=O) groups is 3. The summed E-state index contributed by atoms with van der Waals surface area (Å²) in [6, 6.07) is 15.3. The van der Waals surface area contributed by atoms with Gasteiger partial charge in [-0.05, 0) is 53.4 Å². The van der Waals surface area contributed by atoms with Crippen LogP contribution in [0.4, 0.5) is 8.78 Å². The van der Waals surface area contributed by atoms with Crippen LogP contribution in [0.1, 0.15) is 24.0 Å². The van der Waals surface area contributed by atoms with Gasteiger partial charge >= 0.3 is 0 Å². The van der Waals surface area contributed by atoms with Gasteiger partial charge in [0.25, 0.3) is 0 Å². The molecule has 0 radical (unpaired) electrons. The summed E-state index contributed by atoms with van der Waals surface area (Å²) in [5.41, 5.74) is 1.19. The molecule has 1 saturated heterocycles. The lowest BCUT2D eigenvalue weighted by Crippen LogP contribution is -2.56. The summed E-state index contributed by atoms with van der Waals surface area (Å²) < 4.78 is 33.2. The summed E-state index contributed by atoms with van der Waals surface area (Å²) in [6.45, 7) is 1.14. The van der Waals surface area contributed by atoms with Gasteiger partial charge in [-0.25, -0.2) is 8.78 Å². The SMILES string of the molecule is CNC(=O)C(Cc1ccc(F)c(F)c1)N(C)C(=O)C(Cc1ccc2ccccc2c1)N(C)C(=O)COCC1CCCN1. The van der Waals surface area contributed by atoms with E-state index in [2.05, 4.69) is 10.6 Å². The van der Waals surface area contributed by atoms with Crippen molar-refractivity contribution in [3.05, 3.63) is 83.4 Å². The predicted molar refractivity (Wildman–Crippen MR) is 157 cm³/mol. The number of likely N-dealkylation sites (N-methyl/N-ethyl adjacent to an activating group) is 3. The van der Waals surface area contributed by atoms with Crippen LogP contribution in [0.25, 0.3) is 10.8 Å². The van der Waals surface area contributed by atoms with Gasteiger partial charge in [0.1, 0.15) is 18.7 Å². The summed E-state index contributed by atoms with van der Waals surface area (Å²) in [4.78, 5) is 42.9. The van der Waals surface area contributed by atoms with Crippen molar-refractivity contribution in [3.63, 3.8) is 0 Å². The van der Waals surface area contributed by atoms with Crippen molar-refractivity contribution in [2.24, 2.45) is 0 Å². The van der Waals surface area contributed by atoms with Crippen LogP contribution in [-0.4, -0.2) is 86.5 Å². The van der Waals surface area contributed by atoms with Gasteiger partial charge in [-0.1, -0.05) is 48.5 Å². The third-order valence-corrected chi connectivity index (χ3v) is 7.87. The van der Waals surface area contributed by atoms with Gasteiger partial charge in [0.15, 0.2) is 11.6 Å². The molecule has 1 aliphatic rings. The van der Waals surface area contributed by atoms with E-state index in [-0.39, 0.29) is 31.4 Å². The van der Waals surface area contributed by atoms with Crippen molar-refractivity contribution < 1.29 is 27.9 Å². The molecule has 1 fully saturated rings. The first-order chi connectivity index (χ1) is 20.2. The highest BCUT2D eigenvalue weighted by molar-refractivity contribution is 5.92. The maximum atomic E-state index is 14.1. The molecule has 2 N–H and O–H groups in total. The highest BCUT2D eigenvalue weighted by Gasteiger charge is 2.35. The molecule has 3 unspecified atom stereocenters. The third kappa shape index (κ3) is 7.68. The van der Waals surface area contributed by atoms with Gasteiger partial charge in [0.05, 0.1) is 6.61 Å². The average Bonchev–Trinajstić information content (AvgIpc) is 3.52. The number of rotatable bonds is 12. The van der Waals surface area contributed by atoms with E-state index in [0.717, 1.165) is 47.9 Å². The number of hydrogen-bond acceptors (Lipinski definition) is 5. The monoisotopic (exact) mass is 580 g/mol. The molecular weight excluding hydrogens is 542 g/mol. The first-order valence-electron chi connectivity index (χ1n) is 14.1. The van der Waals surface area contributed by atoms with E-state index in [1.165, 1.54) is 30.0 Å². The van der Waals surface area contributed by atoms with Gasteiger partial charge in [0, 0.05) is 40.0 Å². The molecule has 8 nitrogen and oxygen atoms in total. The van der Waals surface area contributed by atoms with E-state index < -0.39 is 35.5 Å². The Labute approximate surface area is 245 Å². The number of nitrogens with one attached hydrogen (secondary N) is 2. The average molecular weight is 581 g/mol. The predicted octanol–water partition coefficient (Wildman–Crippen LogP) is 3.07. The minimum Gasteiger partial charge on any atom is -0.370 e. The van der Waals surface area contributed by atoms with Crippen LogP contribution in [0.5, 0.6) is 0 Å². The van der Waals surface area contributed by atoms with Crippen LogP contribution >= 0.6 is 0 Å². The molecule has 1 aliphatic heterocycles. The highest BCUT2D eigenvalue weighted by Crippen LogP contribution is 2.20. The van der Waals surface area contributed by atoms with Gasteiger partial charge in [-0.2, -0.15) is 0 Å². The van der Waals surface area contributed by atoms with Gasteiger partial charge in [-0.3, -0.25) is 14.4 Å². The molecule has 3 amide bonds. The fourth-order valence-corrected chi connectivity index (χ4v) is 5.29. The normalized spacial score (nSPS) is 16.2. The molecular formula is C32H38F2N4O4. The maximum absolute atomic E-state index is 14.1. The number of fused-ring (bicyclic) bond motifs is 1. The van der Waals surface area contributed by atoms with Crippen molar-refractivity contribution in [1.29, 1.82) is 0 Å². The van der Waals surface area contributed by atoms with Gasteiger partial charge in [0.2, 0.25) is 17.7 Å². The first kappa shape index (κ1) is 31.1. The Balaban J connectivity index is 1.57. The van der Waals surface area contributed by atoms with E-state index in [0.29, 0.717) is 12.2 Å². The highest BCUT2D eigenvalue weighted by atomic mass is 19.2. The zero-order chi connectivity index (χ0) is 30.2. The molecule has 0 aromatic heterocycles. The summed E-state index contributed by atoms with van der Waals surface area (Å²) in [5.74, 6) is -3.34. The summed E-state index contributed by atoms with van der Waals surface area (Å²) in [7, 11) is 4.48. The molecule has 3 atom stereocenters. The Kier molecular flexibility index (Phi) is 10.6. The second-order valence-corrected chi connectivity index (χ2v) is 10.7. The number of carbonyl (C=O) groups excluding carboxylic acids is 3. The van der Waals surface area contributed by atoms with Crippen molar-refractivity contribution >= 4 is 28.5 Å². The molecule has 3 aromatic rings. The lowest BCUT2D eigenvalue weighted by Gasteiger charge is -2.34. The number of ether oxygens (including phenoxy) is 1. The number of hydrogen-bond donors (Lipinski definition) is 2. The Hall–Kier alpha value is -3.89. The third-order valence-electron chi connectivity index (χ3n) is 7.87. The van der Waals surface area contributed by atoms with Crippen molar-refractivity contribution in [1.82, 2.24) is 20.4 Å². The summed E-state index contributed by atoms with van der Waals surface area (Å²) >= 11 is 0. The minimum absolute atomic E-state index is 0.0447. The van der Waals surface area contributed by atoms with Crippen molar-refractivity contribution in [2.45, 2.75) is 43.8 Å². The van der Waals surface area contributed by atoms with Crippen LogP contribution in [0.3, 0.4) is 0 Å². The van der Waals surface area contributed by atoms with E-state index in [9.17, 15) is 23.2 Å². The summed E-state index contributed by atoms with van der Waals surface area (Å²) in [5, 5.41) is 7.92. The molecule has 42 heavy (non-hydrogen) atoms. The molecule has 0 spiro atoms. The zero-order valence-corrected chi connectivity index (χ0v) is 24.2. The van der Waals surface area contributed by atoms with Crippen LogP contribution in [0, 0.1) is 11.6 Å². The Morgan fingerprint density at radius 2 is 1.62 bits per heavy atom. The molecule has 224 valence electrons. The standard InChI is InChI=1S/C32H38F2N4O4/c1-35-31(40)28(17-22-11-13-26(33)27(34)16-22)38(3)32(41)29(18-21-10-12-23-7-4-5-8-24(23)15-21)37(2)30(39)20-42-19-25-9-6-14-36-25/h4-5,7-8,10-13,15-16,25,28-29,36H,6,9,14,17-20H2,1-3H3,(H,35,40). The van der Waals surface area contributed by atoms with Gasteiger partial charge < -0.3 is 25.2 Å². The van der Waals surface area contributed by atoms with E-state index in [4.69, 9.17) is 4.74 Å². The lowest BCUT2D eigenvalue weighted by molar-refractivity contribution is -0.149. The largest absolute Gasteiger partial charge is 0.370 e. The Bertz CT molecular complexity index is 1410. The van der Waals surface area contributed by atoms with Gasteiger partial charge in [-0.15, -0.1) is 0 Å². The second kappa shape index (κ2) is 14.3. The smallest absolute Gasteiger partial charge is 0.249 e. The molecule has 1 heterocycles. The number of benzene rings is 3. The van der Waals surface area contributed by atoms with E-state index in [1.54, 1.807) is 7.05 Å². The molecule has 10 heteroatoms. The topological polar surface area (TPSA) is 91.0 Å². The molecule has 3 aromatic carbocycles. The molecule has 0 saturated carbocycles. The Morgan fingerprint density at radius 3 is 2.31 bits per heavy atom. The van der Waals surface area contributed by atoms with Crippen LogP contribution < -0.4 is 10.6 Å². The number of halogens is 2. The minimum atomic E-state index is -1.04. The molecule has 4 rings (SSSR count). The first-order valence-corrected chi connectivity index (χ1v) is 14.1. The fraction of sp³-hybridized carbons (Fsp3) is 0.406. The van der Waals surface area contributed by atoms with Crippen LogP contribution in [-0.2, 0) is 32.0 Å². The van der Waals surface area contributed by atoms with Crippen molar-refractivity contribution in [2.75, 3.05) is 40.9 Å². The number of nitrogens with zero attached hydrogens (tertiary/aromatic N) is 2. The maximum Gasteiger partial charge on any atom is 0.249 e.